The van der Waals surface area contributed by atoms with E-state index in [1.165, 1.54) is 0 Å². The number of aryl methyl sites for hydroxylation is 1. The summed E-state index contributed by atoms with van der Waals surface area (Å²) >= 11 is 0. The Kier molecular flexibility index (Phi) is 6.65. The maximum Gasteiger partial charge on any atom is 0.191 e. The molecule has 4 rings (SSSR count). The molecule has 0 amide bonds. The summed E-state index contributed by atoms with van der Waals surface area (Å²) < 4.78 is 31.0. The van der Waals surface area contributed by atoms with E-state index in [0.29, 0.717) is 17.3 Å². The minimum absolute atomic E-state index is 0.0325. The number of nitrogens with one attached hydrogen (secondary N) is 1. The molecular formula is C23H26F2N4O2. The fourth-order valence-corrected chi connectivity index (χ4v) is 4.16. The van der Waals surface area contributed by atoms with Crippen molar-refractivity contribution in [3.05, 3.63) is 42.3 Å². The number of nitrogens with zero attached hydrogens (tertiary/aromatic N) is 3. The number of Topliss-reactive ketones (excluding diaryl/α,β-unsaturated/α-hetero) is 1. The van der Waals surface area contributed by atoms with E-state index in [9.17, 15) is 13.6 Å². The molecule has 3 heterocycles. The molecule has 3 aromatic heterocycles. The van der Waals surface area contributed by atoms with Gasteiger partial charge in [0.1, 0.15) is 24.8 Å². The van der Waals surface area contributed by atoms with Crippen molar-refractivity contribution in [3.63, 3.8) is 0 Å². The highest BCUT2D eigenvalue weighted by Crippen LogP contribution is 2.27. The number of hydrogen-bond donors (Lipinski definition) is 1. The Morgan fingerprint density at radius 3 is 2.48 bits per heavy atom. The molecule has 6 nitrogen and oxygen atoms in total. The highest BCUT2D eigenvalue weighted by Gasteiger charge is 2.27. The summed E-state index contributed by atoms with van der Waals surface area (Å²) in [4.78, 5) is 25.8. The number of alkyl halides is 2. The number of pyridine rings is 2. The lowest BCUT2D eigenvalue weighted by molar-refractivity contribution is -0.123. The standard InChI is InChI=1S/C23H26F2N4O2/c1-14-26-13-23(31-14)21-7-16-6-19(27-11-17(16)12-28-21)8-22(30)15-2-4-18(5-3-15)29-20(9-24)10-25/h6-7,11-13,15,18,20,29H,2-5,8-10H2,1H3. The Balaban J connectivity index is 1.39. The van der Waals surface area contributed by atoms with Crippen molar-refractivity contribution in [2.24, 2.45) is 5.92 Å². The maximum absolute atomic E-state index is 12.8. The van der Waals surface area contributed by atoms with E-state index in [1.807, 2.05) is 12.1 Å². The highest BCUT2D eigenvalue weighted by atomic mass is 19.1. The van der Waals surface area contributed by atoms with Crippen molar-refractivity contribution in [2.45, 2.75) is 51.1 Å². The quantitative estimate of drug-likeness (QED) is 0.580. The summed E-state index contributed by atoms with van der Waals surface area (Å²) in [5, 5.41) is 4.84. The SMILES string of the molecule is Cc1ncc(-c2cc3cc(CC(=O)C4CCC(NC(CF)CF)CC4)ncc3cn2)o1. The fourth-order valence-electron chi connectivity index (χ4n) is 4.16. The lowest BCUT2D eigenvalue weighted by atomic mass is 9.82. The van der Waals surface area contributed by atoms with Crippen molar-refractivity contribution in [1.82, 2.24) is 20.3 Å². The van der Waals surface area contributed by atoms with E-state index in [2.05, 4.69) is 20.3 Å². The van der Waals surface area contributed by atoms with Crippen LogP contribution in [0.3, 0.4) is 0 Å². The molecular weight excluding hydrogens is 402 g/mol. The first-order valence-corrected chi connectivity index (χ1v) is 10.6. The molecule has 0 unspecified atom stereocenters. The van der Waals surface area contributed by atoms with Crippen LogP contribution in [0.5, 0.6) is 0 Å². The number of hydrogen-bond acceptors (Lipinski definition) is 6. The predicted molar refractivity (Wildman–Crippen MR) is 113 cm³/mol. The number of carbonyl (C=O) groups is 1. The molecule has 0 aromatic carbocycles. The monoisotopic (exact) mass is 428 g/mol. The topological polar surface area (TPSA) is 80.9 Å². The molecule has 3 aromatic rings. The normalized spacial score (nSPS) is 19.2. The Morgan fingerprint density at radius 2 is 1.81 bits per heavy atom. The van der Waals surface area contributed by atoms with Gasteiger partial charge in [-0.15, -0.1) is 0 Å². The Bertz CT molecular complexity index is 1040. The molecule has 0 saturated heterocycles. The average molecular weight is 428 g/mol. The molecule has 0 bridgehead atoms. The second-order valence-electron chi connectivity index (χ2n) is 8.20. The molecule has 0 spiro atoms. The molecule has 0 radical (unpaired) electrons. The summed E-state index contributed by atoms with van der Waals surface area (Å²) in [7, 11) is 0. The van der Waals surface area contributed by atoms with Gasteiger partial charge in [-0.2, -0.15) is 0 Å². The molecule has 0 atom stereocenters. The first-order chi connectivity index (χ1) is 15.1. The second-order valence-corrected chi connectivity index (χ2v) is 8.20. The van der Waals surface area contributed by atoms with Gasteiger partial charge in [-0.3, -0.25) is 14.8 Å². The van der Waals surface area contributed by atoms with Crippen LogP contribution in [0.15, 0.2) is 35.1 Å². The Labute approximate surface area is 179 Å². The summed E-state index contributed by atoms with van der Waals surface area (Å²) in [5.74, 6) is 1.31. The van der Waals surface area contributed by atoms with Gasteiger partial charge in [-0.1, -0.05) is 0 Å². The number of halogens is 2. The van der Waals surface area contributed by atoms with Gasteiger partial charge < -0.3 is 9.73 Å². The highest BCUT2D eigenvalue weighted by molar-refractivity contribution is 5.87. The van der Waals surface area contributed by atoms with Crippen LogP contribution >= 0.6 is 0 Å². The molecule has 8 heteroatoms. The fraction of sp³-hybridized carbons (Fsp3) is 0.478. The molecule has 31 heavy (non-hydrogen) atoms. The zero-order valence-electron chi connectivity index (χ0n) is 17.5. The van der Waals surface area contributed by atoms with Crippen molar-refractivity contribution >= 4 is 16.6 Å². The van der Waals surface area contributed by atoms with Crippen molar-refractivity contribution < 1.29 is 18.0 Å². The molecule has 1 aliphatic carbocycles. The Hall–Kier alpha value is -2.74. The first kappa shape index (κ1) is 21.5. The zero-order chi connectivity index (χ0) is 21.8. The summed E-state index contributed by atoms with van der Waals surface area (Å²) in [6, 6.07) is 3.17. The van der Waals surface area contributed by atoms with Gasteiger partial charge in [0, 0.05) is 48.8 Å². The third-order valence-corrected chi connectivity index (χ3v) is 5.92. The number of rotatable bonds is 8. The minimum Gasteiger partial charge on any atom is -0.439 e. The van der Waals surface area contributed by atoms with E-state index in [1.54, 1.807) is 25.5 Å². The third-order valence-electron chi connectivity index (χ3n) is 5.92. The van der Waals surface area contributed by atoms with Crippen molar-refractivity contribution in [1.29, 1.82) is 0 Å². The van der Waals surface area contributed by atoms with Crippen LogP contribution in [-0.4, -0.2) is 46.2 Å². The average Bonchev–Trinajstić information content (AvgIpc) is 3.23. The molecule has 1 aliphatic rings. The molecule has 164 valence electrons. The van der Waals surface area contributed by atoms with Crippen LogP contribution in [-0.2, 0) is 11.2 Å². The van der Waals surface area contributed by atoms with Crippen LogP contribution in [0.1, 0.15) is 37.3 Å². The van der Waals surface area contributed by atoms with Gasteiger partial charge in [0.05, 0.1) is 12.2 Å². The van der Waals surface area contributed by atoms with Crippen LogP contribution in [0.2, 0.25) is 0 Å². The van der Waals surface area contributed by atoms with Crippen LogP contribution in [0.25, 0.3) is 22.2 Å². The summed E-state index contributed by atoms with van der Waals surface area (Å²) in [6.07, 6.45) is 8.35. The van der Waals surface area contributed by atoms with Gasteiger partial charge in [-0.05, 0) is 43.2 Å². The van der Waals surface area contributed by atoms with Crippen molar-refractivity contribution in [2.75, 3.05) is 13.3 Å². The van der Waals surface area contributed by atoms with Gasteiger partial charge >= 0.3 is 0 Å². The molecule has 1 saturated carbocycles. The number of oxazole rings is 1. The number of fused-ring (bicyclic) bond motifs is 1. The predicted octanol–water partition coefficient (Wildman–Crippen LogP) is 4.16. The largest absolute Gasteiger partial charge is 0.439 e. The second kappa shape index (κ2) is 9.60. The Morgan fingerprint density at radius 1 is 1.06 bits per heavy atom. The van der Waals surface area contributed by atoms with E-state index in [4.69, 9.17) is 4.42 Å². The maximum atomic E-state index is 12.8. The molecule has 1 fully saturated rings. The van der Waals surface area contributed by atoms with Gasteiger partial charge in [-0.25, -0.2) is 13.8 Å². The number of ketones is 1. The summed E-state index contributed by atoms with van der Waals surface area (Å²) in [5.41, 5.74) is 1.40. The van der Waals surface area contributed by atoms with E-state index in [0.717, 1.165) is 42.1 Å². The van der Waals surface area contributed by atoms with Gasteiger partial charge in [0.25, 0.3) is 0 Å². The van der Waals surface area contributed by atoms with E-state index >= 15 is 0 Å². The van der Waals surface area contributed by atoms with Crippen molar-refractivity contribution in [3.8, 4) is 11.5 Å². The minimum atomic E-state index is -0.737. The zero-order valence-corrected chi connectivity index (χ0v) is 17.5. The van der Waals surface area contributed by atoms with Gasteiger partial charge in [0.15, 0.2) is 11.7 Å². The number of carbonyl (C=O) groups excluding carboxylic acids is 1. The molecule has 1 N–H and O–H groups in total. The summed E-state index contributed by atoms with van der Waals surface area (Å²) in [6.45, 7) is 0.356. The molecule has 0 aliphatic heterocycles. The van der Waals surface area contributed by atoms with E-state index < -0.39 is 19.4 Å². The van der Waals surface area contributed by atoms with Crippen LogP contribution < -0.4 is 5.32 Å². The lowest BCUT2D eigenvalue weighted by Crippen LogP contribution is -2.43. The van der Waals surface area contributed by atoms with E-state index in [-0.39, 0.29) is 24.2 Å². The van der Waals surface area contributed by atoms with Crippen LogP contribution in [0.4, 0.5) is 8.78 Å². The smallest absolute Gasteiger partial charge is 0.191 e. The van der Waals surface area contributed by atoms with Gasteiger partial charge in [0.2, 0.25) is 0 Å². The lowest BCUT2D eigenvalue weighted by Gasteiger charge is -2.30. The first-order valence-electron chi connectivity index (χ1n) is 10.6. The van der Waals surface area contributed by atoms with Crippen LogP contribution in [0, 0.1) is 12.8 Å². The number of aromatic nitrogens is 3. The third kappa shape index (κ3) is 5.12.